The second-order valence-electron chi connectivity index (χ2n) is 11.8. The van der Waals surface area contributed by atoms with Gasteiger partial charge in [-0.15, -0.1) is 0 Å². The molecule has 0 aromatic carbocycles. The monoisotopic (exact) mass is 658 g/mol. The highest BCUT2D eigenvalue weighted by atomic mass is 32.2. The van der Waals surface area contributed by atoms with E-state index in [1.807, 2.05) is 25.9 Å². The first-order chi connectivity index (χ1) is 21.8. The zero-order chi connectivity index (χ0) is 32.5. The highest BCUT2D eigenvalue weighted by Gasteiger charge is 2.42. The molecular weight excluding hydrogens is 600 g/mol. The van der Waals surface area contributed by atoms with Gasteiger partial charge in [-0.2, -0.15) is 11.8 Å². The standard InChI is InChI=1S/C31H58N6O7S/c1-37(2)17-6-5-14-32-28(39)12-7-13-29(40)34-16-9-19-43-21-23-44-22-20-42-18-8-15-33-27(38)11-4-3-10-26-30-25(24-45-26)35-31(41)36-30/h25-26,30H,3-24H2,1-2H3,(H,32,39)(H,33,38)(H,34,40)(H2,35,36,41)/t25?,26-,30-/m0/s1. The third-order valence-corrected chi connectivity index (χ3v) is 9.07. The number of carbonyl (C=O) groups is 4. The minimum absolute atomic E-state index is 0.00621. The van der Waals surface area contributed by atoms with Gasteiger partial charge in [0.2, 0.25) is 17.7 Å². The van der Waals surface area contributed by atoms with E-state index in [9.17, 15) is 19.2 Å². The van der Waals surface area contributed by atoms with Crippen molar-refractivity contribution in [3.05, 3.63) is 0 Å². The molecule has 2 heterocycles. The molecule has 0 bridgehead atoms. The molecule has 14 heteroatoms. The maximum atomic E-state index is 12.0. The second-order valence-corrected chi connectivity index (χ2v) is 13.1. The van der Waals surface area contributed by atoms with E-state index in [4.69, 9.17) is 14.2 Å². The van der Waals surface area contributed by atoms with E-state index in [1.54, 1.807) is 0 Å². The van der Waals surface area contributed by atoms with E-state index in [2.05, 4.69) is 31.5 Å². The molecule has 2 rings (SSSR count). The molecule has 5 amide bonds. The first-order valence-corrected chi connectivity index (χ1v) is 17.8. The number of carbonyl (C=O) groups excluding carboxylic acids is 4. The summed E-state index contributed by atoms with van der Waals surface area (Å²) in [6.45, 7) is 5.91. The molecule has 1 unspecified atom stereocenters. The van der Waals surface area contributed by atoms with Gasteiger partial charge >= 0.3 is 6.03 Å². The fourth-order valence-electron chi connectivity index (χ4n) is 5.08. The van der Waals surface area contributed by atoms with Crippen molar-refractivity contribution in [3.8, 4) is 0 Å². The number of fused-ring (bicyclic) bond motifs is 1. The lowest BCUT2D eigenvalue weighted by Crippen LogP contribution is -2.36. The minimum Gasteiger partial charge on any atom is -0.379 e. The molecule has 0 aliphatic carbocycles. The fourth-order valence-corrected chi connectivity index (χ4v) is 6.62. The average Bonchev–Trinajstić information content (AvgIpc) is 3.56. The van der Waals surface area contributed by atoms with Gasteiger partial charge in [0.25, 0.3) is 0 Å². The van der Waals surface area contributed by atoms with Crippen LogP contribution in [-0.2, 0) is 28.6 Å². The zero-order valence-corrected chi connectivity index (χ0v) is 28.3. The molecule has 2 fully saturated rings. The molecule has 0 saturated carbocycles. The summed E-state index contributed by atoms with van der Waals surface area (Å²) in [5.74, 6) is 1.01. The topological polar surface area (TPSA) is 159 Å². The summed E-state index contributed by atoms with van der Waals surface area (Å²) in [7, 11) is 4.07. The molecule has 2 saturated heterocycles. The third kappa shape index (κ3) is 19.9. The van der Waals surface area contributed by atoms with Crippen molar-refractivity contribution in [2.75, 3.05) is 85.7 Å². The summed E-state index contributed by atoms with van der Waals surface area (Å²) in [6, 6.07) is 0.419. The molecule has 3 atom stereocenters. The maximum Gasteiger partial charge on any atom is 0.315 e. The number of amides is 5. The molecule has 0 radical (unpaired) electrons. The molecule has 45 heavy (non-hydrogen) atoms. The number of unbranched alkanes of at least 4 members (excludes halogenated alkanes) is 2. The largest absolute Gasteiger partial charge is 0.379 e. The Balaban J connectivity index is 1.24. The fraction of sp³-hybridized carbons (Fsp3) is 0.871. The van der Waals surface area contributed by atoms with E-state index >= 15 is 0 Å². The summed E-state index contributed by atoms with van der Waals surface area (Å²) in [4.78, 5) is 49.3. The smallest absolute Gasteiger partial charge is 0.315 e. The van der Waals surface area contributed by atoms with E-state index in [-0.39, 0.29) is 35.8 Å². The van der Waals surface area contributed by atoms with Gasteiger partial charge in [-0.1, -0.05) is 6.42 Å². The van der Waals surface area contributed by atoms with Gasteiger partial charge < -0.3 is 45.7 Å². The predicted molar refractivity (Wildman–Crippen MR) is 176 cm³/mol. The Morgan fingerprint density at radius 2 is 1.24 bits per heavy atom. The molecule has 13 nitrogen and oxygen atoms in total. The van der Waals surface area contributed by atoms with Gasteiger partial charge in [-0.3, -0.25) is 14.4 Å². The van der Waals surface area contributed by atoms with Crippen LogP contribution < -0.4 is 26.6 Å². The predicted octanol–water partition coefficient (Wildman–Crippen LogP) is 1.40. The summed E-state index contributed by atoms with van der Waals surface area (Å²) in [6.07, 6.45) is 8.15. The molecule has 0 spiro atoms. The van der Waals surface area contributed by atoms with Crippen LogP contribution in [0, 0.1) is 0 Å². The van der Waals surface area contributed by atoms with Crippen LogP contribution >= 0.6 is 11.8 Å². The van der Waals surface area contributed by atoms with Gasteiger partial charge in [-0.05, 0) is 65.6 Å². The lowest BCUT2D eigenvalue weighted by Gasteiger charge is -2.16. The van der Waals surface area contributed by atoms with Crippen molar-refractivity contribution in [3.63, 3.8) is 0 Å². The summed E-state index contributed by atoms with van der Waals surface area (Å²) in [5, 5.41) is 15.1. The highest BCUT2D eigenvalue weighted by molar-refractivity contribution is 8.00. The van der Waals surface area contributed by atoms with Gasteiger partial charge in [-0.25, -0.2) is 4.79 Å². The number of rotatable bonds is 28. The lowest BCUT2D eigenvalue weighted by atomic mass is 10.0. The normalized spacial score (nSPS) is 18.8. The number of urea groups is 1. The van der Waals surface area contributed by atoms with Gasteiger partial charge in [0.15, 0.2) is 0 Å². The van der Waals surface area contributed by atoms with E-state index in [0.29, 0.717) is 90.2 Å². The summed E-state index contributed by atoms with van der Waals surface area (Å²) in [5.41, 5.74) is 0. The number of hydrogen-bond acceptors (Lipinski definition) is 9. The number of nitrogens with zero attached hydrogens (tertiary/aromatic N) is 1. The molecule has 5 N–H and O–H groups in total. The molecule has 260 valence electrons. The maximum absolute atomic E-state index is 12.0. The van der Waals surface area contributed by atoms with Crippen LogP contribution in [0.1, 0.15) is 70.6 Å². The van der Waals surface area contributed by atoms with Crippen molar-refractivity contribution in [1.82, 2.24) is 31.5 Å². The van der Waals surface area contributed by atoms with Crippen LogP contribution in [0.3, 0.4) is 0 Å². The zero-order valence-electron chi connectivity index (χ0n) is 27.5. The number of ether oxygens (including phenoxy) is 3. The van der Waals surface area contributed by atoms with Crippen molar-refractivity contribution >= 4 is 35.5 Å². The first kappa shape index (κ1) is 39.1. The average molecular weight is 659 g/mol. The second kappa shape index (κ2) is 25.0. The van der Waals surface area contributed by atoms with E-state index in [0.717, 1.165) is 57.2 Å². The Labute approximate surface area is 273 Å². The van der Waals surface area contributed by atoms with Crippen molar-refractivity contribution in [2.24, 2.45) is 0 Å². The lowest BCUT2D eigenvalue weighted by molar-refractivity contribution is -0.123. The van der Waals surface area contributed by atoms with Crippen LogP contribution in [0.15, 0.2) is 0 Å². The Hall–Kier alpha value is -2.13. The van der Waals surface area contributed by atoms with Gasteiger partial charge in [0.1, 0.15) is 0 Å². The Kier molecular flexibility index (Phi) is 21.7. The van der Waals surface area contributed by atoms with Crippen LogP contribution in [0.5, 0.6) is 0 Å². The van der Waals surface area contributed by atoms with Crippen LogP contribution in [0.25, 0.3) is 0 Å². The minimum atomic E-state index is -0.0580. The third-order valence-electron chi connectivity index (χ3n) is 7.56. The molecule has 0 aromatic rings. The van der Waals surface area contributed by atoms with Crippen LogP contribution in [-0.4, -0.2) is 132 Å². The molecule has 2 aliphatic rings. The Bertz CT molecular complexity index is 853. The Morgan fingerprint density at radius 1 is 0.711 bits per heavy atom. The SMILES string of the molecule is CN(C)CCCCNC(=O)CCCC(=O)NCCCOCCOCCOCCCNC(=O)CCCC[C@@H]1SCC2NC(=O)N[C@@H]21. The molecular formula is C31H58N6O7S. The molecule has 2 aliphatic heterocycles. The van der Waals surface area contributed by atoms with Crippen LogP contribution in [0.2, 0.25) is 0 Å². The van der Waals surface area contributed by atoms with Gasteiger partial charge in [0, 0.05) is 63.1 Å². The van der Waals surface area contributed by atoms with Crippen molar-refractivity contribution in [1.29, 1.82) is 0 Å². The molecule has 0 aromatic heterocycles. The highest BCUT2D eigenvalue weighted by Crippen LogP contribution is 2.33. The quantitative estimate of drug-likeness (QED) is 0.0619. The first-order valence-electron chi connectivity index (χ1n) is 16.7. The van der Waals surface area contributed by atoms with Crippen molar-refractivity contribution < 1.29 is 33.4 Å². The van der Waals surface area contributed by atoms with Crippen molar-refractivity contribution in [2.45, 2.75) is 88.0 Å². The summed E-state index contributed by atoms with van der Waals surface area (Å²) < 4.78 is 16.6. The number of nitrogens with one attached hydrogen (secondary N) is 5. The summed E-state index contributed by atoms with van der Waals surface area (Å²) >= 11 is 1.91. The van der Waals surface area contributed by atoms with Crippen LogP contribution in [0.4, 0.5) is 4.79 Å². The Morgan fingerprint density at radius 3 is 1.82 bits per heavy atom. The van der Waals surface area contributed by atoms with E-state index < -0.39 is 0 Å². The van der Waals surface area contributed by atoms with E-state index in [1.165, 1.54) is 0 Å². The number of thioether (sulfide) groups is 1. The van der Waals surface area contributed by atoms with Gasteiger partial charge in [0.05, 0.1) is 38.5 Å². The number of hydrogen-bond donors (Lipinski definition) is 5.